The van der Waals surface area contributed by atoms with Gasteiger partial charge in [-0.05, 0) is 43.7 Å². The first-order chi connectivity index (χ1) is 21.8. The molecule has 2 aromatic rings. The number of aliphatic hydroxyl groups is 5. The van der Waals surface area contributed by atoms with Crippen LogP contribution in [0.4, 0.5) is 4.79 Å². The van der Waals surface area contributed by atoms with Crippen LogP contribution in [0.15, 0.2) is 24.3 Å². The van der Waals surface area contributed by atoms with Gasteiger partial charge in [-0.25, -0.2) is 4.79 Å². The van der Waals surface area contributed by atoms with Crippen molar-refractivity contribution in [1.29, 1.82) is 0 Å². The molecule has 1 fully saturated rings. The van der Waals surface area contributed by atoms with Crippen LogP contribution in [0.5, 0.6) is 0 Å². The molecule has 46 heavy (non-hydrogen) atoms. The van der Waals surface area contributed by atoms with Crippen LogP contribution in [0, 0.1) is 5.92 Å². The predicted molar refractivity (Wildman–Crippen MR) is 169 cm³/mol. The number of aliphatic hydroxyl groups excluding tert-OH is 5. The average Bonchev–Trinajstić information content (AvgIpc) is 3.44. The Balaban J connectivity index is 1.72. The van der Waals surface area contributed by atoms with Gasteiger partial charge >= 0.3 is 6.03 Å². The number of H-pyrrole nitrogens is 1. The maximum Gasteiger partial charge on any atom is 0.315 e. The quantitative estimate of drug-likeness (QED) is 0.111. The summed E-state index contributed by atoms with van der Waals surface area (Å²) in [6, 6.07) is 7.34. The largest absolute Gasteiger partial charge is 0.394 e. The van der Waals surface area contributed by atoms with Crippen molar-refractivity contribution in [3.63, 3.8) is 0 Å². The molecule has 0 bridgehead atoms. The number of nitrogens with one attached hydrogen (secondary N) is 4. The first-order valence-corrected chi connectivity index (χ1v) is 15.7. The minimum Gasteiger partial charge on any atom is -0.394 e. The Labute approximate surface area is 269 Å². The van der Waals surface area contributed by atoms with Crippen LogP contribution in [-0.4, -0.2) is 118 Å². The Bertz CT molecular complexity index is 1270. The molecule has 0 spiro atoms. The van der Waals surface area contributed by atoms with Crippen molar-refractivity contribution in [2.75, 3.05) is 40.0 Å². The second-order valence-electron chi connectivity index (χ2n) is 12.7. The van der Waals surface area contributed by atoms with Crippen molar-refractivity contribution in [2.45, 2.75) is 88.9 Å². The number of carbonyl (C=O) groups excluding carboxylic acids is 2. The number of nitrogens with zero attached hydrogens (tertiary/aromatic N) is 1. The summed E-state index contributed by atoms with van der Waals surface area (Å²) in [7, 11) is 1.59. The normalized spacial score (nSPS) is 22.5. The van der Waals surface area contributed by atoms with E-state index in [1.807, 2.05) is 38.1 Å². The first-order valence-electron chi connectivity index (χ1n) is 15.7. The molecule has 1 aromatic heterocycles. The number of amides is 3. The van der Waals surface area contributed by atoms with E-state index in [0.29, 0.717) is 31.6 Å². The molecule has 6 atom stereocenters. The maximum absolute atomic E-state index is 12.9. The Morgan fingerprint density at radius 2 is 1.76 bits per heavy atom. The van der Waals surface area contributed by atoms with Crippen molar-refractivity contribution < 1.29 is 44.6 Å². The molecule has 1 saturated heterocycles. The maximum atomic E-state index is 12.9. The molecule has 0 radical (unpaired) electrons. The van der Waals surface area contributed by atoms with E-state index in [1.165, 1.54) is 0 Å². The highest BCUT2D eigenvalue weighted by Gasteiger charge is 2.45. The van der Waals surface area contributed by atoms with Crippen LogP contribution >= 0.6 is 0 Å². The monoisotopic (exact) mass is 649 g/mol. The van der Waals surface area contributed by atoms with Crippen LogP contribution < -0.4 is 16.0 Å². The number of carbonyl (C=O) groups is 2. The van der Waals surface area contributed by atoms with E-state index < -0.39 is 54.6 Å². The molecule has 14 heteroatoms. The lowest BCUT2D eigenvalue weighted by Crippen LogP contribution is -2.55. The number of hydrogen-bond acceptors (Lipinski definition) is 10. The number of rotatable bonds is 16. The van der Waals surface area contributed by atoms with Gasteiger partial charge in [-0.1, -0.05) is 38.1 Å². The molecule has 1 unspecified atom stereocenters. The summed E-state index contributed by atoms with van der Waals surface area (Å²) in [5.74, 6) is -0.517. The summed E-state index contributed by atoms with van der Waals surface area (Å²) in [5.41, 5.74) is 3.11. The van der Waals surface area contributed by atoms with Gasteiger partial charge in [-0.15, -0.1) is 0 Å². The van der Waals surface area contributed by atoms with Gasteiger partial charge in [-0.3, -0.25) is 9.89 Å². The topological polar surface area (TPSA) is 219 Å². The van der Waals surface area contributed by atoms with Gasteiger partial charge in [0.1, 0.15) is 30.5 Å². The lowest BCUT2D eigenvalue weighted by Gasteiger charge is -2.40. The van der Waals surface area contributed by atoms with Crippen molar-refractivity contribution >= 4 is 11.9 Å². The number of benzene rings is 1. The first kappa shape index (κ1) is 37.3. The summed E-state index contributed by atoms with van der Waals surface area (Å²) in [5, 5.41) is 66.1. The fourth-order valence-electron chi connectivity index (χ4n) is 5.50. The van der Waals surface area contributed by atoms with Crippen LogP contribution in [0.25, 0.3) is 0 Å². The molecule has 3 amide bonds. The molecule has 14 nitrogen and oxygen atoms in total. The third kappa shape index (κ3) is 9.70. The Morgan fingerprint density at radius 1 is 1.07 bits per heavy atom. The van der Waals surface area contributed by atoms with Crippen LogP contribution in [-0.2, 0) is 27.1 Å². The molecule has 258 valence electrons. The summed E-state index contributed by atoms with van der Waals surface area (Å²) in [6.45, 7) is 7.47. The smallest absolute Gasteiger partial charge is 0.315 e. The number of aromatic nitrogens is 2. The number of urea groups is 1. The summed E-state index contributed by atoms with van der Waals surface area (Å²) >= 11 is 0. The van der Waals surface area contributed by atoms with Crippen LogP contribution in [0.2, 0.25) is 0 Å². The van der Waals surface area contributed by atoms with Gasteiger partial charge in [-0.2, -0.15) is 5.10 Å². The highest BCUT2D eigenvalue weighted by molar-refractivity contribution is 5.78. The zero-order valence-corrected chi connectivity index (χ0v) is 27.3. The lowest BCUT2D eigenvalue weighted by atomic mass is 9.87. The summed E-state index contributed by atoms with van der Waals surface area (Å²) < 4.78 is 11.6. The Kier molecular flexibility index (Phi) is 13.9. The van der Waals surface area contributed by atoms with Crippen LogP contribution in [0.1, 0.15) is 74.2 Å². The van der Waals surface area contributed by atoms with Gasteiger partial charge in [0, 0.05) is 38.1 Å². The zero-order valence-electron chi connectivity index (χ0n) is 27.3. The second kappa shape index (κ2) is 17.2. The van der Waals surface area contributed by atoms with E-state index in [2.05, 4.69) is 26.1 Å². The number of ether oxygens (including phenoxy) is 2. The third-order valence-electron chi connectivity index (χ3n) is 8.21. The van der Waals surface area contributed by atoms with E-state index in [0.717, 1.165) is 22.4 Å². The van der Waals surface area contributed by atoms with Gasteiger partial charge in [0.2, 0.25) is 5.91 Å². The van der Waals surface area contributed by atoms with Crippen molar-refractivity contribution in [3.8, 4) is 0 Å². The Hall–Kier alpha value is -3.11. The summed E-state index contributed by atoms with van der Waals surface area (Å²) in [4.78, 5) is 24.9. The van der Waals surface area contributed by atoms with Gasteiger partial charge in [0.15, 0.2) is 0 Å². The van der Waals surface area contributed by atoms with Crippen LogP contribution in [0.3, 0.4) is 0 Å². The van der Waals surface area contributed by atoms with E-state index >= 15 is 0 Å². The minimum atomic E-state index is -1.52. The predicted octanol–water partition coefficient (Wildman–Crippen LogP) is 0.0203. The Morgan fingerprint density at radius 3 is 2.39 bits per heavy atom. The van der Waals surface area contributed by atoms with Gasteiger partial charge in [0.25, 0.3) is 0 Å². The standard InChI is InChI=1S/C32H51N5O9/c1-18(2)24-22(25(37-36-24)29-28(42)27(41)26(40)23(16-38)46-29)15-20-9-7-6-8-19(20)14-21(30(43)33-5)10-12-45-13-11-34-31(44)35-32(3,4)17-39/h6-9,18,21,23,26-29,38-42H,10-17H2,1-5H3,(H,33,43)(H,36,37)(H2,34,35,44)/t21?,23-,26-,27+,28-,29+/m1/s1. The summed E-state index contributed by atoms with van der Waals surface area (Å²) in [6.07, 6.45) is -5.31. The molecule has 1 aliphatic heterocycles. The molecule has 3 rings (SSSR count). The number of aromatic amines is 1. The highest BCUT2D eigenvalue weighted by atomic mass is 16.5. The van der Waals surface area contributed by atoms with Gasteiger partial charge < -0.3 is 51.0 Å². The van der Waals surface area contributed by atoms with Crippen molar-refractivity contribution in [1.82, 2.24) is 26.1 Å². The molecular weight excluding hydrogens is 598 g/mol. The molecule has 1 aromatic carbocycles. The van der Waals surface area contributed by atoms with E-state index in [1.54, 1.807) is 20.9 Å². The fraction of sp³-hybridized carbons (Fsp3) is 0.656. The van der Waals surface area contributed by atoms with E-state index in [9.17, 15) is 35.1 Å². The average molecular weight is 650 g/mol. The molecular formula is C32H51N5O9. The van der Waals surface area contributed by atoms with Crippen molar-refractivity contribution in [3.05, 3.63) is 52.3 Å². The third-order valence-corrected chi connectivity index (χ3v) is 8.21. The van der Waals surface area contributed by atoms with E-state index in [-0.39, 0.29) is 31.6 Å². The minimum absolute atomic E-state index is 0.00884. The molecule has 0 saturated carbocycles. The molecule has 2 heterocycles. The highest BCUT2D eigenvalue weighted by Crippen LogP contribution is 2.36. The fourth-order valence-corrected chi connectivity index (χ4v) is 5.50. The number of hydrogen-bond donors (Lipinski definition) is 9. The van der Waals surface area contributed by atoms with Crippen molar-refractivity contribution in [2.24, 2.45) is 5.92 Å². The van der Waals surface area contributed by atoms with E-state index in [4.69, 9.17) is 9.47 Å². The SMILES string of the molecule is CNC(=O)C(CCOCCNC(=O)NC(C)(C)CO)Cc1ccccc1Cc1c(C(C)C)n[nH]c1[C@@H]1O[C@H](CO)[C@@H](O)[C@H](O)[C@H]1O. The zero-order chi connectivity index (χ0) is 34.0. The van der Waals surface area contributed by atoms with Gasteiger partial charge in [0.05, 0.1) is 36.7 Å². The lowest BCUT2D eigenvalue weighted by molar-refractivity contribution is -0.232. The second-order valence-corrected chi connectivity index (χ2v) is 12.7. The molecule has 9 N–H and O–H groups in total. The molecule has 0 aliphatic carbocycles. The molecule has 1 aliphatic rings.